The molecule has 0 atom stereocenters. The van der Waals surface area contributed by atoms with Crippen molar-refractivity contribution in [2.24, 2.45) is 0 Å². The molecule has 59 heavy (non-hydrogen) atoms. The van der Waals surface area contributed by atoms with Gasteiger partial charge >= 0.3 is 0 Å². The van der Waals surface area contributed by atoms with Crippen molar-refractivity contribution < 1.29 is 4.42 Å². The van der Waals surface area contributed by atoms with E-state index in [-0.39, 0.29) is 0 Å². The summed E-state index contributed by atoms with van der Waals surface area (Å²) < 4.78 is 11.5. The van der Waals surface area contributed by atoms with Crippen molar-refractivity contribution in [3.05, 3.63) is 188 Å². The summed E-state index contributed by atoms with van der Waals surface area (Å²) in [5, 5.41) is 17.4. The lowest BCUT2D eigenvalue weighted by Crippen LogP contribution is -2.02. The predicted molar refractivity (Wildman–Crippen MR) is 237 cm³/mol. The molecule has 0 aliphatic heterocycles. The fourth-order valence-electron chi connectivity index (χ4n) is 8.87. The predicted octanol–water partition coefficient (Wildman–Crippen LogP) is 12.8. The molecule has 8 aromatic carbocycles. The molecule has 4 aromatic heterocycles. The maximum atomic E-state index is 11.1. The van der Waals surface area contributed by atoms with Crippen molar-refractivity contribution in [1.29, 1.82) is 5.26 Å². The number of aromatic nitrogens is 5. The standard InChI is InChI=1S/C52H30N6O/c53-31-35-30-34(52-55-50(32-16-4-1-5-17-32)54-51(56-52)33-18-6-2-7-19-33)28-29-40(35)58-42-26-14-11-23-38(42)45-48(58)44-37-22-10-13-25-41(37)57(36-20-8-3-9-21-36)47(44)46-39-24-12-15-27-43(39)59-49(45)46/h1-30H. The minimum Gasteiger partial charge on any atom is -0.455 e. The minimum absolute atomic E-state index is 0.484. The molecule has 0 unspecified atom stereocenters. The Morgan fingerprint density at radius 2 is 0.932 bits per heavy atom. The quantitative estimate of drug-likeness (QED) is 0.175. The second kappa shape index (κ2) is 12.8. The second-order valence-corrected chi connectivity index (χ2v) is 14.7. The molecule has 0 spiro atoms. The zero-order chi connectivity index (χ0) is 39.0. The zero-order valence-corrected chi connectivity index (χ0v) is 31.4. The van der Waals surface area contributed by atoms with Crippen LogP contribution < -0.4 is 0 Å². The fourth-order valence-corrected chi connectivity index (χ4v) is 8.87. The van der Waals surface area contributed by atoms with E-state index in [0.717, 1.165) is 88.1 Å². The van der Waals surface area contributed by atoms with Crippen LogP contribution in [0, 0.1) is 11.3 Å². The van der Waals surface area contributed by atoms with E-state index in [4.69, 9.17) is 19.4 Å². The summed E-state index contributed by atoms with van der Waals surface area (Å²) in [4.78, 5) is 14.8. The van der Waals surface area contributed by atoms with Crippen LogP contribution in [0.25, 0.3) is 111 Å². The third kappa shape index (κ3) is 4.90. The maximum Gasteiger partial charge on any atom is 0.164 e. The van der Waals surface area contributed by atoms with Gasteiger partial charge < -0.3 is 13.6 Å². The van der Waals surface area contributed by atoms with E-state index >= 15 is 0 Å². The summed E-state index contributed by atoms with van der Waals surface area (Å²) in [6, 6.07) is 64.1. The average molecular weight is 755 g/mol. The van der Waals surface area contributed by atoms with E-state index in [1.54, 1.807) is 0 Å². The van der Waals surface area contributed by atoms with Gasteiger partial charge in [-0.1, -0.05) is 133 Å². The van der Waals surface area contributed by atoms with Crippen molar-refractivity contribution in [3.8, 4) is 51.6 Å². The first kappa shape index (κ1) is 32.9. The molecule has 0 amide bonds. The summed E-state index contributed by atoms with van der Waals surface area (Å²) in [5.74, 6) is 1.61. The van der Waals surface area contributed by atoms with Gasteiger partial charge in [0.15, 0.2) is 17.5 Å². The largest absolute Gasteiger partial charge is 0.455 e. The van der Waals surface area contributed by atoms with Gasteiger partial charge in [0.2, 0.25) is 0 Å². The van der Waals surface area contributed by atoms with Crippen LogP contribution in [0.1, 0.15) is 5.56 Å². The van der Waals surface area contributed by atoms with Crippen molar-refractivity contribution in [1.82, 2.24) is 24.1 Å². The monoisotopic (exact) mass is 754 g/mol. The van der Waals surface area contributed by atoms with Crippen molar-refractivity contribution >= 4 is 65.6 Å². The molecule has 0 N–H and O–H groups in total. The van der Waals surface area contributed by atoms with Gasteiger partial charge in [-0.25, -0.2) is 15.0 Å². The van der Waals surface area contributed by atoms with E-state index < -0.39 is 0 Å². The number of nitriles is 1. The van der Waals surface area contributed by atoms with Crippen LogP contribution in [-0.4, -0.2) is 24.1 Å². The van der Waals surface area contributed by atoms with Crippen LogP contribution in [0.2, 0.25) is 0 Å². The first-order chi connectivity index (χ1) is 29.2. The molecular weight excluding hydrogens is 725 g/mol. The van der Waals surface area contributed by atoms with E-state index in [1.807, 2.05) is 97.1 Å². The topological polar surface area (TPSA) is 85.5 Å². The fraction of sp³-hybridized carbons (Fsp3) is 0. The van der Waals surface area contributed by atoms with E-state index in [9.17, 15) is 5.26 Å². The summed E-state index contributed by atoms with van der Waals surface area (Å²) in [6.45, 7) is 0. The van der Waals surface area contributed by atoms with Crippen molar-refractivity contribution in [2.75, 3.05) is 0 Å². The first-order valence-corrected chi connectivity index (χ1v) is 19.5. The molecule has 7 nitrogen and oxygen atoms in total. The smallest absolute Gasteiger partial charge is 0.164 e. The summed E-state index contributed by atoms with van der Waals surface area (Å²) in [6.07, 6.45) is 0. The number of nitrogens with zero attached hydrogens (tertiary/aromatic N) is 6. The number of benzene rings is 8. The average Bonchev–Trinajstić information content (AvgIpc) is 3.97. The normalized spacial score (nSPS) is 11.7. The molecule has 0 aliphatic rings. The van der Waals surface area contributed by atoms with Crippen LogP contribution in [0.5, 0.6) is 0 Å². The number of para-hydroxylation sites is 4. The molecule has 0 radical (unpaired) electrons. The van der Waals surface area contributed by atoms with Crippen LogP contribution in [0.15, 0.2) is 186 Å². The van der Waals surface area contributed by atoms with Gasteiger partial charge in [-0.2, -0.15) is 5.26 Å². The van der Waals surface area contributed by atoms with Crippen molar-refractivity contribution in [3.63, 3.8) is 0 Å². The van der Waals surface area contributed by atoms with Crippen LogP contribution >= 0.6 is 0 Å². The minimum atomic E-state index is 0.484. The highest BCUT2D eigenvalue weighted by Gasteiger charge is 2.28. The van der Waals surface area contributed by atoms with E-state index in [1.165, 1.54) is 0 Å². The van der Waals surface area contributed by atoms with E-state index in [2.05, 4.69) is 100 Å². The lowest BCUT2D eigenvalue weighted by atomic mass is 10.0. The van der Waals surface area contributed by atoms with Crippen molar-refractivity contribution in [2.45, 2.75) is 0 Å². The molecule has 0 saturated carbocycles. The molecular formula is C52H30N6O. The Morgan fingerprint density at radius 3 is 1.58 bits per heavy atom. The molecule has 12 aromatic rings. The molecule has 274 valence electrons. The maximum absolute atomic E-state index is 11.1. The number of hydrogen-bond donors (Lipinski definition) is 0. The third-order valence-electron chi connectivity index (χ3n) is 11.4. The molecule has 0 aliphatic carbocycles. The summed E-state index contributed by atoms with van der Waals surface area (Å²) >= 11 is 0. The highest BCUT2D eigenvalue weighted by atomic mass is 16.3. The van der Waals surface area contributed by atoms with Gasteiger partial charge in [0.1, 0.15) is 17.2 Å². The molecule has 0 bridgehead atoms. The summed E-state index contributed by atoms with van der Waals surface area (Å²) in [7, 11) is 0. The van der Waals surface area contributed by atoms with E-state index in [0.29, 0.717) is 28.6 Å². The Labute approximate surface area is 337 Å². The second-order valence-electron chi connectivity index (χ2n) is 14.7. The Balaban J connectivity index is 1.20. The SMILES string of the molecule is N#Cc1cc(-c2nc(-c3ccccc3)nc(-c3ccccc3)n2)ccc1-n1c2ccccc2c2c3oc4ccccc4c3c3c(c4ccccc4n3-c3ccccc3)c21. The van der Waals surface area contributed by atoms with Gasteiger partial charge in [-0.05, 0) is 48.5 Å². The lowest BCUT2D eigenvalue weighted by molar-refractivity contribution is 0.673. The number of fused-ring (bicyclic) bond motifs is 12. The Kier molecular flexibility index (Phi) is 7.16. The lowest BCUT2D eigenvalue weighted by Gasteiger charge is -2.14. The number of hydrogen-bond acceptors (Lipinski definition) is 5. The Bertz CT molecular complexity index is 3610. The molecule has 12 rings (SSSR count). The van der Waals surface area contributed by atoms with Crippen LogP contribution in [-0.2, 0) is 0 Å². The molecule has 0 saturated heterocycles. The highest BCUT2D eigenvalue weighted by molar-refractivity contribution is 6.39. The summed E-state index contributed by atoms with van der Waals surface area (Å²) in [5.41, 5.74) is 10.5. The molecule has 4 heterocycles. The third-order valence-corrected chi connectivity index (χ3v) is 11.4. The number of rotatable bonds is 5. The van der Waals surface area contributed by atoms with Gasteiger partial charge in [-0.15, -0.1) is 0 Å². The Hall–Kier alpha value is -8.34. The van der Waals surface area contributed by atoms with Crippen LogP contribution in [0.3, 0.4) is 0 Å². The zero-order valence-electron chi connectivity index (χ0n) is 31.4. The Morgan fingerprint density at radius 1 is 0.441 bits per heavy atom. The number of furan rings is 1. The molecule has 0 fully saturated rings. The highest BCUT2D eigenvalue weighted by Crippen LogP contribution is 2.49. The van der Waals surface area contributed by atoms with Gasteiger partial charge in [0.05, 0.1) is 44.1 Å². The van der Waals surface area contributed by atoms with Crippen LogP contribution in [0.4, 0.5) is 0 Å². The van der Waals surface area contributed by atoms with Gasteiger partial charge in [-0.3, -0.25) is 0 Å². The van der Waals surface area contributed by atoms with Gasteiger partial charge in [0.25, 0.3) is 0 Å². The first-order valence-electron chi connectivity index (χ1n) is 19.5. The van der Waals surface area contributed by atoms with Gasteiger partial charge in [0, 0.05) is 43.9 Å². The molecule has 7 heteroatoms.